The van der Waals surface area contributed by atoms with Crippen LogP contribution >= 0.6 is 11.3 Å². The van der Waals surface area contributed by atoms with E-state index in [2.05, 4.69) is 49.8 Å². The number of hydrogen-bond acceptors (Lipinski definition) is 4. The van der Waals surface area contributed by atoms with Gasteiger partial charge in [0, 0.05) is 43.8 Å². The maximum absolute atomic E-state index is 5.23. The van der Waals surface area contributed by atoms with E-state index in [0.29, 0.717) is 0 Å². The minimum absolute atomic E-state index is 0.836. The minimum atomic E-state index is 0.836. The molecule has 1 aromatic heterocycles. The molecule has 0 unspecified atom stereocenters. The molecule has 0 bridgehead atoms. The van der Waals surface area contributed by atoms with E-state index in [1.165, 1.54) is 10.6 Å². The Morgan fingerprint density at radius 3 is 2.50 bits per heavy atom. The molecule has 1 saturated heterocycles. The van der Waals surface area contributed by atoms with Gasteiger partial charge in [-0.05, 0) is 35.7 Å². The summed E-state index contributed by atoms with van der Waals surface area (Å²) in [5.74, 6) is 1.88. The van der Waals surface area contributed by atoms with Gasteiger partial charge in [0.05, 0.1) is 13.7 Å². The number of aliphatic imine (C=N–C) groups is 1. The molecular weight excluding hydrogens is 320 g/mol. The highest BCUT2D eigenvalue weighted by Crippen LogP contribution is 2.20. The molecule has 0 radical (unpaired) electrons. The molecule has 128 valence electrons. The summed E-state index contributed by atoms with van der Waals surface area (Å²) in [6.07, 6.45) is 0. The molecule has 1 aromatic carbocycles. The highest BCUT2D eigenvalue weighted by Gasteiger charge is 2.19. The van der Waals surface area contributed by atoms with Crippen LogP contribution in [-0.2, 0) is 6.54 Å². The smallest absolute Gasteiger partial charge is 0.194 e. The summed E-state index contributed by atoms with van der Waals surface area (Å²) in [7, 11) is 3.55. The fourth-order valence-corrected chi connectivity index (χ4v) is 3.53. The van der Waals surface area contributed by atoms with E-state index in [1.807, 2.05) is 19.2 Å². The van der Waals surface area contributed by atoms with Gasteiger partial charge in [0.25, 0.3) is 0 Å². The van der Waals surface area contributed by atoms with Crippen molar-refractivity contribution in [3.63, 3.8) is 0 Å². The Labute approximate surface area is 147 Å². The second kappa shape index (κ2) is 8.06. The first-order chi connectivity index (χ1) is 11.8. The van der Waals surface area contributed by atoms with Crippen LogP contribution in [0.1, 0.15) is 4.88 Å². The van der Waals surface area contributed by atoms with Crippen LogP contribution in [0.4, 0.5) is 5.69 Å². The van der Waals surface area contributed by atoms with E-state index in [4.69, 9.17) is 4.74 Å². The lowest BCUT2D eigenvalue weighted by Gasteiger charge is -2.37. The molecule has 0 aliphatic carbocycles. The van der Waals surface area contributed by atoms with E-state index in [0.717, 1.165) is 44.4 Å². The monoisotopic (exact) mass is 344 g/mol. The zero-order valence-corrected chi connectivity index (χ0v) is 15.1. The summed E-state index contributed by atoms with van der Waals surface area (Å²) in [5, 5.41) is 5.57. The second-order valence-corrected chi connectivity index (χ2v) is 6.68. The summed E-state index contributed by atoms with van der Waals surface area (Å²) in [4.78, 5) is 10.5. The Morgan fingerprint density at radius 2 is 1.92 bits per heavy atom. The first-order valence-corrected chi connectivity index (χ1v) is 9.05. The number of nitrogens with one attached hydrogen (secondary N) is 1. The SMILES string of the molecule is CN=C(NCc1cccs1)N1CCN(c2ccc(OC)cc2)CC1. The topological polar surface area (TPSA) is 40.1 Å². The third-order valence-electron chi connectivity index (χ3n) is 4.23. The molecule has 6 heteroatoms. The van der Waals surface area contributed by atoms with Crippen LogP contribution in [0.2, 0.25) is 0 Å². The summed E-state index contributed by atoms with van der Waals surface area (Å²) in [6, 6.07) is 12.5. The van der Waals surface area contributed by atoms with E-state index < -0.39 is 0 Å². The summed E-state index contributed by atoms with van der Waals surface area (Å²) in [6.45, 7) is 4.76. The number of piperazine rings is 1. The average Bonchev–Trinajstić information content (AvgIpc) is 3.16. The van der Waals surface area contributed by atoms with Crippen molar-refractivity contribution < 1.29 is 4.74 Å². The van der Waals surface area contributed by atoms with Crippen LogP contribution in [0.3, 0.4) is 0 Å². The van der Waals surface area contributed by atoms with Crippen molar-refractivity contribution in [1.29, 1.82) is 0 Å². The molecule has 5 nitrogen and oxygen atoms in total. The molecule has 2 aromatic rings. The van der Waals surface area contributed by atoms with Gasteiger partial charge in [-0.2, -0.15) is 0 Å². The van der Waals surface area contributed by atoms with Gasteiger partial charge in [0.2, 0.25) is 0 Å². The van der Waals surface area contributed by atoms with E-state index >= 15 is 0 Å². The lowest BCUT2D eigenvalue weighted by Crippen LogP contribution is -2.52. The van der Waals surface area contributed by atoms with Crippen LogP contribution in [0.5, 0.6) is 5.75 Å². The standard InChI is InChI=1S/C18H24N4OS/c1-19-18(20-14-17-4-3-13-24-17)22-11-9-21(10-12-22)15-5-7-16(23-2)8-6-15/h3-8,13H,9-12,14H2,1-2H3,(H,19,20). The van der Waals surface area contributed by atoms with Crippen molar-refractivity contribution in [1.82, 2.24) is 10.2 Å². The minimum Gasteiger partial charge on any atom is -0.497 e. The van der Waals surface area contributed by atoms with Crippen molar-refractivity contribution >= 4 is 23.0 Å². The molecule has 0 saturated carbocycles. The van der Waals surface area contributed by atoms with Gasteiger partial charge < -0.3 is 19.9 Å². The largest absolute Gasteiger partial charge is 0.497 e. The lowest BCUT2D eigenvalue weighted by molar-refractivity contribution is 0.372. The molecule has 1 fully saturated rings. The highest BCUT2D eigenvalue weighted by molar-refractivity contribution is 7.09. The number of nitrogens with zero attached hydrogens (tertiary/aromatic N) is 3. The van der Waals surface area contributed by atoms with Crippen LogP contribution in [0.25, 0.3) is 0 Å². The maximum atomic E-state index is 5.23. The number of methoxy groups -OCH3 is 1. The average molecular weight is 344 g/mol. The third-order valence-corrected chi connectivity index (χ3v) is 5.11. The van der Waals surface area contributed by atoms with Gasteiger partial charge in [-0.1, -0.05) is 6.07 Å². The molecule has 1 aliphatic rings. The molecule has 24 heavy (non-hydrogen) atoms. The second-order valence-electron chi connectivity index (χ2n) is 5.65. The van der Waals surface area contributed by atoms with E-state index in [9.17, 15) is 0 Å². The zero-order chi connectivity index (χ0) is 16.8. The van der Waals surface area contributed by atoms with E-state index in [-0.39, 0.29) is 0 Å². The van der Waals surface area contributed by atoms with Crippen molar-refractivity contribution in [3.05, 3.63) is 46.7 Å². The maximum Gasteiger partial charge on any atom is 0.194 e. The van der Waals surface area contributed by atoms with Crippen LogP contribution in [0, 0.1) is 0 Å². The Hall–Kier alpha value is -2.21. The zero-order valence-electron chi connectivity index (χ0n) is 14.2. The van der Waals surface area contributed by atoms with Crippen molar-refractivity contribution in [2.24, 2.45) is 4.99 Å². The Balaban J connectivity index is 1.53. The van der Waals surface area contributed by atoms with Crippen molar-refractivity contribution in [2.45, 2.75) is 6.54 Å². The van der Waals surface area contributed by atoms with Gasteiger partial charge in [0.15, 0.2) is 5.96 Å². The quantitative estimate of drug-likeness (QED) is 0.684. The molecule has 3 rings (SSSR count). The summed E-state index contributed by atoms with van der Waals surface area (Å²) in [5.41, 5.74) is 1.25. The number of anilines is 1. The summed E-state index contributed by atoms with van der Waals surface area (Å²) >= 11 is 1.77. The number of ether oxygens (including phenoxy) is 1. The molecule has 1 N–H and O–H groups in total. The number of rotatable bonds is 4. The number of guanidine groups is 1. The molecule has 0 amide bonds. The molecule has 2 heterocycles. The number of thiophene rings is 1. The van der Waals surface area contributed by atoms with Crippen LogP contribution in [-0.4, -0.2) is 51.2 Å². The van der Waals surface area contributed by atoms with Gasteiger partial charge in [-0.3, -0.25) is 4.99 Å². The molecule has 1 aliphatic heterocycles. The highest BCUT2D eigenvalue weighted by atomic mass is 32.1. The van der Waals surface area contributed by atoms with Gasteiger partial charge in [-0.15, -0.1) is 11.3 Å². The van der Waals surface area contributed by atoms with Crippen LogP contribution in [0.15, 0.2) is 46.8 Å². The van der Waals surface area contributed by atoms with Crippen LogP contribution < -0.4 is 15.0 Å². The fourth-order valence-electron chi connectivity index (χ4n) is 2.88. The van der Waals surface area contributed by atoms with Gasteiger partial charge >= 0.3 is 0 Å². The fraction of sp³-hybridized carbons (Fsp3) is 0.389. The Kier molecular flexibility index (Phi) is 5.59. The molecular formula is C18H24N4OS. The number of hydrogen-bond donors (Lipinski definition) is 1. The lowest BCUT2D eigenvalue weighted by atomic mass is 10.2. The number of benzene rings is 1. The first-order valence-electron chi connectivity index (χ1n) is 8.17. The predicted molar refractivity (Wildman–Crippen MR) is 101 cm³/mol. The third kappa shape index (κ3) is 4.00. The summed E-state index contributed by atoms with van der Waals surface area (Å²) < 4.78 is 5.23. The molecule has 0 spiro atoms. The Bertz CT molecular complexity index is 646. The van der Waals surface area contributed by atoms with E-state index in [1.54, 1.807) is 18.4 Å². The Morgan fingerprint density at radius 1 is 1.17 bits per heavy atom. The molecule has 0 atom stereocenters. The predicted octanol–water partition coefficient (Wildman–Crippen LogP) is 2.65. The normalized spacial score (nSPS) is 15.5. The first kappa shape index (κ1) is 16.6. The van der Waals surface area contributed by atoms with Crippen molar-refractivity contribution in [3.8, 4) is 5.75 Å². The van der Waals surface area contributed by atoms with Gasteiger partial charge in [0.1, 0.15) is 5.75 Å². The van der Waals surface area contributed by atoms with Gasteiger partial charge in [-0.25, -0.2) is 0 Å². The van der Waals surface area contributed by atoms with Crippen molar-refractivity contribution in [2.75, 3.05) is 45.2 Å².